The fraction of sp³-hybridized carbons (Fsp3) is 0.417. The molecule has 0 heterocycles. The Morgan fingerprint density at radius 3 is 1.89 bits per heavy atom. The van der Waals surface area contributed by atoms with E-state index in [0.717, 1.165) is 11.1 Å². The van der Waals surface area contributed by atoms with Gasteiger partial charge >= 0.3 is 0 Å². The minimum Gasteiger partial charge on any atom is -0.338 e. The van der Waals surface area contributed by atoms with Gasteiger partial charge in [-0.15, -0.1) is 0 Å². The van der Waals surface area contributed by atoms with E-state index in [1.807, 2.05) is 100 Å². The summed E-state index contributed by atoms with van der Waals surface area (Å²) in [6.45, 7) is 10.1. The molecule has 0 aliphatic rings. The number of benzene rings is 2. The SMILES string of the molecule is CC(C)N(C(=O)C[C@@H](c1ccccc1)[C@](C)(C#N)c1ccccc1)C(C)C. The van der Waals surface area contributed by atoms with Crippen LogP contribution in [0.5, 0.6) is 0 Å². The summed E-state index contributed by atoms with van der Waals surface area (Å²) >= 11 is 0. The van der Waals surface area contributed by atoms with Crippen molar-refractivity contribution in [3.63, 3.8) is 0 Å². The van der Waals surface area contributed by atoms with Crippen molar-refractivity contribution in [3.05, 3.63) is 71.8 Å². The van der Waals surface area contributed by atoms with Gasteiger partial charge in [-0.2, -0.15) is 5.26 Å². The number of amides is 1. The lowest BCUT2D eigenvalue weighted by molar-refractivity contribution is -0.135. The van der Waals surface area contributed by atoms with Gasteiger partial charge in [0.05, 0.1) is 11.5 Å². The predicted molar refractivity (Wildman–Crippen MR) is 110 cm³/mol. The van der Waals surface area contributed by atoms with E-state index in [0.29, 0.717) is 6.42 Å². The summed E-state index contributed by atoms with van der Waals surface area (Å²) in [5.74, 6) is -0.134. The van der Waals surface area contributed by atoms with Gasteiger partial charge in [0.25, 0.3) is 0 Å². The van der Waals surface area contributed by atoms with E-state index in [9.17, 15) is 10.1 Å². The third-order valence-electron chi connectivity index (χ3n) is 5.28. The largest absolute Gasteiger partial charge is 0.338 e. The van der Waals surface area contributed by atoms with E-state index in [1.165, 1.54) is 0 Å². The van der Waals surface area contributed by atoms with Crippen molar-refractivity contribution < 1.29 is 4.79 Å². The Morgan fingerprint density at radius 2 is 1.44 bits per heavy atom. The van der Waals surface area contributed by atoms with E-state index in [1.54, 1.807) is 0 Å². The molecule has 3 heteroatoms. The standard InChI is InChI=1S/C24H30N2O/c1-18(2)26(19(3)4)23(27)16-22(20-12-8-6-9-13-20)24(5,17-25)21-14-10-7-11-15-21/h6-15,18-19,22H,16H2,1-5H3/t22-,24+/m0/s1. The van der Waals surface area contributed by atoms with Crippen LogP contribution < -0.4 is 0 Å². The highest BCUT2D eigenvalue weighted by molar-refractivity contribution is 5.78. The van der Waals surface area contributed by atoms with Gasteiger partial charge in [0.15, 0.2) is 0 Å². The number of rotatable bonds is 7. The van der Waals surface area contributed by atoms with Crippen molar-refractivity contribution in [2.24, 2.45) is 0 Å². The maximum absolute atomic E-state index is 13.2. The molecule has 0 fully saturated rings. The van der Waals surface area contributed by atoms with Crippen LogP contribution >= 0.6 is 0 Å². The first-order chi connectivity index (χ1) is 12.8. The van der Waals surface area contributed by atoms with Gasteiger partial charge in [0.1, 0.15) is 0 Å². The van der Waals surface area contributed by atoms with Crippen molar-refractivity contribution in [1.29, 1.82) is 5.26 Å². The normalized spacial score (nSPS) is 14.4. The number of carbonyl (C=O) groups is 1. The molecule has 27 heavy (non-hydrogen) atoms. The third-order valence-corrected chi connectivity index (χ3v) is 5.28. The highest BCUT2D eigenvalue weighted by Crippen LogP contribution is 2.41. The summed E-state index contributed by atoms with van der Waals surface area (Å²) in [6.07, 6.45) is 0.305. The second-order valence-electron chi connectivity index (χ2n) is 7.84. The topological polar surface area (TPSA) is 44.1 Å². The molecule has 1 amide bonds. The molecular formula is C24H30N2O. The summed E-state index contributed by atoms with van der Waals surface area (Å²) in [5.41, 5.74) is 1.17. The number of nitriles is 1. The Kier molecular flexibility index (Phi) is 6.80. The average molecular weight is 363 g/mol. The van der Waals surface area contributed by atoms with Crippen LogP contribution in [0.4, 0.5) is 0 Å². The monoisotopic (exact) mass is 362 g/mol. The molecule has 2 rings (SSSR count). The lowest BCUT2D eigenvalue weighted by Crippen LogP contribution is -2.44. The molecule has 0 bridgehead atoms. The number of hydrogen-bond acceptors (Lipinski definition) is 2. The van der Waals surface area contributed by atoms with Gasteiger partial charge in [0, 0.05) is 24.4 Å². The molecule has 0 radical (unpaired) electrons. The fourth-order valence-corrected chi connectivity index (χ4v) is 3.92. The maximum atomic E-state index is 13.2. The molecule has 0 aromatic heterocycles. The zero-order chi connectivity index (χ0) is 20.0. The summed E-state index contributed by atoms with van der Waals surface area (Å²) < 4.78 is 0. The number of hydrogen-bond donors (Lipinski definition) is 0. The van der Waals surface area contributed by atoms with E-state index in [2.05, 4.69) is 6.07 Å². The Balaban J connectivity index is 2.50. The van der Waals surface area contributed by atoms with E-state index in [-0.39, 0.29) is 23.9 Å². The molecule has 0 aliphatic heterocycles. The van der Waals surface area contributed by atoms with E-state index in [4.69, 9.17) is 0 Å². The zero-order valence-electron chi connectivity index (χ0n) is 17.0. The van der Waals surface area contributed by atoms with Gasteiger partial charge in [-0.1, -0.05) is 60.7 Å². The van der Waals surface area contributed by atoms with Gasteiger partial charge in [0.2, 0.25) is 5.91 Å². The van der Waals surface area contributed by atoms with Gasteiger partial charge < -0.3 is 4.90 Å². The number of carbonyl (C=O) groups excluding carboxylic acids is 1. The van der Waals surface area contributed by atoms with Crippen LogP contribution in [-0.4, -0.2) is 22.9 Å². The summed E-state index contributed by atoms with van der Waals surface area (Å²) in [6, 6.07) is 22.5. The molecule has 2 aromatic carbocycles. The van der Waals surface area contributed by atoms with E-state index < -0.39 is 5.41 Å². The van der Waals surface area contributed by atoms with Gasteiger partial charge in [-0.3, -0.25) is 4.79 Å². The molecule has 0 spiro atoms. The minimum atomic E-state index is -0.794. The second-order valence-corrected chi connectivity index (χ2v) is 7.84. The van der Waals surface area contributed by atoms with Gasteiger partial charge in [-0.05, 0) is 45.7 Å². The fourth-order valence-electron chi connectivity index (χ4n) is 3.92. The highest BCUT2D eigenvalue weighted by Gasteiger charge is 2.39. The number of nitrogens with zero attached hydrogens (tertiary/aromatic N) is 2. The van der Waals surface area contributed by atoms with Crippen molar-refractivity contribution >= 4 is 5.91 Å². The molecule has 3 nitrogen and oxygen atoms in total. The molecule has 2 atom stereocenters. The molecule has 0 saturated carbocycles. The summed E-state index contributed by atoms with van der Waals surface area (Å²) in [4.78, 5) is 15.1. The van der Waals surface area contributed by atoms with Crippen molar-refractivity contribution in [2.45, 2.75) is 64.5 Å². The second kappa shape index (κ2) is 8.86. The quantitative estimate of drug-likeness (QED) is 0.672. The minimum absolute atomic E-state index is 0.0891. The Morgan fingerprint density at radius 1 is 0.963 bits per heavy atom. The highest BCUT2D eigenvalue weighted by atomic mass is 16.2. The van der Waals surface area contributed by atoms with Crippen LogP contribution in [0.1, 0.15) is 58.1 Å². The van der Waals surface area contributed by atoms with Crippen LogP contribution in [0, 0.1) is 11.3 Å². The maximum Gasteiger partial charge on any atom is 0.223 e. The Labute approximate surface area is 163 Å². The Hall–Kier alpha value is -2.60. The van der Waals surface area contributed by atoms with Crippen molar-refractivity contribution in [3.8, 4) is 6.07 Å². The van der Waals surface area contributed by atoms with Crippen LogP contribution in [0.15, 0.2) is 60.7 Å². The lowest BCUT2D eigenvalue weighted by Gasteiger charge is -2.36. The van der Waals surface area contributed by atoms with Crippen LogP contribution in [-0.2, 0) is 10.2 Å². The third kappa shape index (κ3) is 4.57. The first kappa shape index (κ1) is 20.7. The molecule has 0 saturated heterocycles. The molecule has 2 aromatic rings. The van der Waals surface area contributed by atoms with Crippen LogP contribution in [0.3, 0.4) is 0 Å². The van der Waals surface area contributed by atoms with Crippen molar-refractivity contribution in [1.82, 2.24) is 4.90 Å². The molecule has 0 unspecified atom stereocenters. The molecular weight excluding hydrogens is 332 g/mol. The summed E-state index contributed by atoms with van der Waals surface area (Å²) in [7, 11) is 0. The lowest BCUT2D eigenvalue weighted by atomic mass is 9.68. The molecule has 0 N–H and O–H groups in total. The predicted octanol–water partition coefficient (Wildman–Crippen LogP) is 5.29. The van der Waals surface area contributed by atoms with Crippen LogP contribution in [0.2, 0.25) is 0 Å². The zero-order valence-corrected chi connectivity index (χ0v) is 17.0. The van der Waals surface area contributed by atoms with E-state index >= 15 is 0 Å². The first-order valence-corrected chi connectivity index (χ1v) is 9.64. The summed E-state index contributed by atoms with van der Waals surface area (Å²) in [5, 5.41) is 10.2. The molecule has 142 valence electrons. The van der Waals surface area contributed by atoms with Gasteiger partial charge in [-0.25, -0.2) is 0 Å². The first-order valence-electron chi connectivity index (χ1n) is 9.64. The van der Waals surface area contributed by atoms with Crippen LogP contribution in [0.25, 0.3) is 0 Å². The average Bonchev–Trinajstić information content (AvgIpc) is 2.66. The smallest absolute Gasteiger partial charge is 0.223 e. The molecule has 0 aliphatic carbocycles. The van der Waals surface area contributed by atoms with Crippen molar-refractivity contribution in [2.75, 3.05) is 0 Å². The Bertz CT molecular complexity index is 769.